The average Bonchev–Trinajstić information content (AvgIpc) is 3.37. The van der Waals surface area contributed by atoms with E-state index in [9.17, 15) is 0 Å². The summed E-state index contributed by atoms with van der Waals surface area (Å²) in [7, 11) is 0. The molecule has 0 aliphatic heterocycles. The van der Waals surface area contributed by atoms with Crippen LogP contribution in [0.5, 0.6) is 0 Å². The lowest BCUT2D eigenvalue weighted by Crippen LogP contribution is -2.00. The van der Waals surface area contributed by atoms with Crippen molar-refractivity contribution in [3.63, 3.8) is 0 Å². The predicted molar refractivity (Wildman–Crippen MR) is 187 cm³/mol. The highest BCUT2D eigenvalue weighted by Crippen LogP contribution is 2.54. The lowest BCUT2D eigenvalue weighted by molar-refractivity contribution is 1.19. The smallest absolute Gasteiger partial charge is 0.0789 e. The second-order valence-corrected chi connectivity index (χ2v) is 11.8. The maximum atomic E-state index is 3.92. The van der Waals surface area contributed by atoms with E-state index in [1.165, 1.54) is 76.4 Å². The Labute approximate surface area is 254 Å². The van der Waals surface area contributed by atoms with Crippen molar-refractivity contribution in [2.24, 2.45) is 0 Å². The molecule has 44 heavy (non-hydrogen) atoms. The molecule has 10 rings (SSSR count). The van der Waals surface area contributed by atoms with E-state index < -0.39 is 0 Å². The van der Waals surface area contributed by atoms with Crippen LogP contribution >= 0.6 is 0 Å². The quantitative estimate of drug-likeness (QED) is 0.228. The molecule has 0 spiro atoms. The van der Waals surface area contributed by atoms with Crippen molar-refractivity contribution in [3.05, 3.63) is 152 Å². The number of rotatable bonds is 3. The molecule has 0 unspecified atom stereocenters. The molecule has 0 fully saturated rings. The minimum Gasteiger partial charge on any atom is -0.353 e. The first-order valence-corrected chi connectivity index (χ1v) is 15.2. The summed E-state index contributed by atoms with van der Waals surface area (Å²) >= 11 is 0. The van der Waals surface area contributed by atoms with Gasteiger partial charge in [0.25, 0.3) is 0 Å². The highest BCUT2D eigenvalue weighted by Gasteiger charge is 2.29. The van der Waals surface area contributed by atoms with Crippen LogP contribution in [0, 0.1) is 0 Å². The van der Waals surface area contributed by atoms with Gasteiger partial charge in [-0.05, 0) is 74.0 Å². The molecule has 0 bridgehead atoms. The molecule has 0 atom stereocenters. The highest BCUT2D eigenvalue weighted by atomic mass is 15.0. The zero-order chi connectivity index (χ0) is 28.8. The second-order valence-electron chi connectivity index (χ2n) is 11.8. The highest BCUT2D eigenvalue weighted by molar-refractivity contribution is 6.36. The van der Waals surface area contributed by atoms with Crippen LogP contribution < -0.4 is 5.32 Å². The van der Waals surface area contributed by atoms with Crippen LogP contribution in [0.3, 0.4) is 0 Å². The van der Waals surface area contributed by atoms with Crippen LogP contribution in [0.1, 0.15) is 0 Å². The van der Waals surface area contributed by atoms with Gasteiger partial charge in [-0.1, -0.05) is 121 Å². The number of anilines is 2. The molecular weight excluding hydrogens is 532 g/mol. The van der Waals surface area contributed by atoms with Crippen molar-refractivity contribution >= 4 is 65.5 Å². The Morgan fingerprint density at radius 2 is 1.11 bits per heavy atom. The van der Waals surface area contributed by atoms with Crippen molar-refractivity contribution in [1.82, 2.24) is 4.57 Å². The summed E-state index contributed by atoms with van der Waals surface area (Å²) in [6, 6.07) is 55.3. The standard InChI is InChI=1S/C42H26N2/c1-2-14-29(15-3-1)43-41-35-19-9-8-18-34(35)38-33-17-7-6-16-31(33)32-20-10-13-27-22-24-36-39(37(27)32)40(38)42(41)44(36)30-23-21-26-11-4-5-12-28(26)25-30/h1-25,43H. The van der Waals surface area contributed by atoms with E-state index in [1.54, 1.807) is 0 Å². The molecule has 0 saturated carbocycles. The Morgan fingerprint density at radius 1 is 0.432 bits per heavy atom. The van der Waals surface area contributed by atoms with Gasteiger partial charge in [-0.25, -0.2) is 0 Å². The minimum atomic E-state index is 1.07. The fourth-order valence-electron chi connectivity index (χ4n) is 7.64. The SMILES string of the molecule is c1ccc(Nc2c3ccccc3c3c4c5c6c(cccc6ccc5n(-c5ccc6ccccc6c5)c24)-c2ccccc2-3)cc1. The van der Waals surface area contributed by atoms with Gasteiger partial charge in [0, 0.05) is 33.1 Å². The topological polar surface area (TPSA) is 17.0 Å². The Balaban J connectivity index is 1.51. The number of para-hydroxylation sites is 1. The average molecular weight is 559 g/mol. The first-order chi connectivity index (χ1) is 21.8. The van der Waals surface area contributed by atoms with E-state index in [0.717, 1.165) is 17.1 Å². The molecule has 1 aromatic heterocycles. The number of nitrogens with zero attached hydrogens (tertiary/aromatic N) is 1. The van der Waals surface area contributed by atoms with Crippen LogP contribution in [-0.4, -0.2) is 4.57 Å². The van der Waals surface area contributed by atoms with Gasteiger partial charge in [0.2, 0.25) is 0 Å². The largest absolute Gasteiger partial charge is 0.353 e. The van der Waals surface area contributed by atoms with E-state index in [1.807, 2.05) is 0 Å². The summed E-state index contributed by atoms with van der Waals surface area (Å²) < 4.78 is 2.50. The van der Waals surface area contributed by atoms with Crippen LogP contribution in [-0.2, 0) is 0 Å². The predicted octanol–water partition coefficient (Wildman–Crippen LogP) is 11.6. The van der Waals surface area contributed by atoms with Gasteiger partial charge >= 0.3 is 0 Å². The monoisotopic (exact) mass is 558 g/mol. The zero-order valence-corrected chi connectivity index (χ0v) is 23.9. The molecule has 1 aliphatic rings. The minimum absolute atomic E-state index is 1.07. The van der Waals surface area contributed by atoms with Crippen molar-refractivity contribution < 1.29 is 0 Å². The van der Waals surface area contributed by atoms with Crippen molar-refractivity contribution in [2.75, 3.05) is 5.32 Å². The Kier molecular flexibility index (Phi) is 4.75. The van der Waals surface area contributed by atoms with Gasteiger partial charge in [-0.15, -0.1) is 0 Å². The van der Waals surface area contributed by atoms with Gasteiger partial charge in [-0.2, -0.15) is 0 Å². The molecule has 0 amide bonds. The number of hydrogen-bond donors (Lipinski definition) is 1. The molecular formula is C42H26N2. The summed E-state index contributed by atoms with van der Waals surface area (Å²) in [4.78, 5) is 0. The molecule has 1 N–H and O–H groups in total. The van der Waals surface area contributed by atoms with E-state index >= 15 is 0 Å². The summed E-state index contributed by atoms with van der Waals surface area (Å²) in [5, 5.41) is 14.1. The van der Waals surface area contributed by atoms with Crippen molar-refractivity contribution in [2.45, 2.75) is 0 Å². The normalized spacial score (nSPS) is 12.1. The van der Waals surface area contributed by atoms with Crippen LogP contribution in [0.4, 0.5) is 11.4 Å². The molecule has 9 aromatic rings. The number of benzene rings is 8. The van der Waals surface area contributed by atoms with Gasteiger partial charge in [0.1, 0.15) is 0 Å². The molecule has 1 heterocycles. The molecule has 0 saturated heterocycles. The number of nitrogens with one attached hydrogen (secondary N) is 1. The first-order valence-electron chi connectivity index (χ1n) is 15.2. The van der Waals surface area contributed by atoms with Gasteiger partial charge in [-0.3, -0.25) is 0 Å². The van der Waals surface area contributed by atoms with E-state index in [-0.39, 0.29) is 0 Å². The lowest BCUT2D eigenvalue weighted by atomic mass is 9.90. The van der Waals surface area contributed by atoms with Crippen LogP contribution in [0.2, 0.25) is 0 Å². The fourth-order valence-corrected chi connectivity index (χ4v) is 7.64. The van der Waals surface area contributed by atoms with E-state index in [4.69, 9.17) is 0 Å². The lowest BCUT2D eigenvalue weighted by Gasteiger charge is -2.20. The molecule has 2 nitrogen and oxygen atoms in total. The van der Waals surface area contributed by atoms with Crippen molar-refractivity contribution in [3.8, 4) is 27.9 Å². The van der Waals surface area contributed by atoms with Gasteiger partial charge in [0.05, 0.1) is 16.7 Å². The summed E-state index contributed by atoms with van der Waals surface area (Å²) in [5.74, 6) is 0. The van der Waals surface area contributed by atoms with E-state index in [0.29, 0.717) is 0 Å². The molecule has 2 heteroatoms. The van der Waals surface area contributed by atoms with E-state index in [2.05, 4.69) is 162 Å². The maximum absolute atomic E-state index is 3.92. The molecule has 204 valence electrons. The Morgan fingerprint density at radius 3 is 2.00 bits per heavy atom. The Bertz CT molecular complexity index is 2630. The number of hydrogen-bond acceptors (Lipinski definition) is 1. The summed E-state index contributed by atoms with van der Waals surface area (Å²) in [6.45, 7) is 0. The number of fused-ring (bicyclic) bond motifs is 6. The zero-order valence-electron chi connectivity index (χ0n) is 23.9. The third-order valence-corrected chi connectivity index (χ3v) is 9.45. The third-order valence-electron chi connectivity index (χ3n) is 9.45. The maximum Gasteiger partial charge on any atom is 0.0789 e. The first kappa shape index (κ1) is 23.7. The molecule has 8 aromatic carbocycles. The molecule has 0 radical (unpaired) electrons. The fraction of sp³-hybridized carbons (Fsp3) is 0. The van der Waals surface area contributed by atoms with Crippen LogP contribution in [0.25, 0.3) is 82.1 Å². The van der Waals surface area contributed by atoms with Gasteiger partial charge < -0.3 is 9.88 Å². The summed E-state index contributed by atoms with van der Waals surface area (Å²) in [5.41, 5.74) is 10.9. The van der Waals surface area contributed by atoms with Gasteiger partial charge in [0.15, 0.2) is 0 Å². The van der Waals surface area contributed by atoms with Crippen LogP contribution in [0.15, 0.2) is 152 Å². The Hall–Kier alpha value is -5.86. The molecule has 1 aliphatic carbocycles. The second kappa shape index (κ2) is 8.82. The van der Waals surface area contributed by atoms with Crippen molar-refractivity contribution in [1.29, 1.82) is 0 Å². The number of aromatic nitrogens is 1. The summed E-state index contributed by atoms with van der Waals surface area (Å²) in [6.07, 6.45) is 0. The third kappa shape index (κ3) is 3.14.